The lowest BCUT2D eigenvalue weighted by Gasteiger charge is -2.05. The molecule has 0 aliphatic carbocycles. The highest BCUT2D eigenvalue weighted by Gasteiger charge is 2.17. The number of hydrogen-bond acceptors (Lipinski definition) is 5. The number of aryl methyl sites for hydroxylation is 3. The Labute approximate surface area is 151 Å². The lowest BCUT2D eigenvalue weighted by Crippen LogP contribution is -2.20. The Morgan fingerprint density at radius 1 is 1.38 bits per heavy atom. The normalized spacial score (nSPS) is 12.0. The van der Waals surface area contributed by atoms with Crippen LogP contribution in [0.2, 0.25) is 0 Å². The molecule has 0 fully saturated rings. The second-order valence-electron chi connectivity index (χ2n) is 5.49. The molecule has 0 atom stereocenters. The molecule has 0 saturated heterocycles. The number of nitrogens with one attached hydrogen (secondary N) is 1. The van der Waals surface area contributed by atoms with Gasteiger partial charge in [-0.15, -0.1) is 11.3 Å². The fraction of sp³-hybridized carbons (Fsp3) is 0.250. The number of pyridine rings is 1. The predicted molar refractivity (Wildman–Crippen MR) is 99.7 cm³/mol. The molecule has 3 rings (SSSR count). The molecule has 6 nitrogen and oxygen atoms in total. The Morgan fingerprint density at radius 2 is 2.12 bits per heavy atom. The number of amides is 1. The van der Waals surface area contributed by atoms with E-state index in [-0.39, 0.29) is 5.91 Å². The van der Waals surface area contributed by atoms with Crippen molar-refractivity contribution in [1.29, 1.82) is 0 Å². The number of thiophene rings is 1. The third-order valence-corrected chi connectivity index (χ3v) is 5.39. The summed E-state index contributed by atoms with van der Waals surface area (Å²) in [6.45, 7) is 5.59. The predicted octanol–water partition coefficient (Wildman–Crippen LogP) is 3.56. The third kappa shape index (κ3) is 3.11. The topological polar surface area (TPSA) is 72.2 Å². The summed E-state index contributed by atoms with van der Waals surface area (Å²) in [5, 5.41) is 11.3. The maximum Gasteiger partial charge on any atom is 0.272 e. The van der Waals surface area contributed by atoms with Crippen LogP contribution < -0.4 is 5.43 Å². The summed E-state index contributed by atoms with van der Waals surface area (Å²) in [6, 6.07) is 3.73. The Hall–Kier alpha value is -2.06. The van der Waals surface area contributed by atoms with Crippen molar-refractivity contribution < 1.29 is 4.79 Å². The monoisotopic (exact) mass is 405 g/mol. The van der Waals surface area contributed by atoms with E-state index in [2.05, 4.69) is 36.5 Å². The van der Waals surface area contributed by atoms with Crippen molar-refractivity contribution in [3.63, 3.8) is 0 Å². The summed E-state index contributed by atoms with van der Waals surface area (Å²) in [5.74, 6) is -0.267. The Balaban J connectivity index is 1.94. The number of halogens is 1. The van der Waals surface area contributed by atoms with Crippen molar-refractivity contribution >= 4 is 49.9 Å². The van der Waals surface area contributed by atoms with Crippen LogP contribution in [0.5, 0.6) is 0 Å². The number of carbonyl (C=O) groups excluding carboxylic acids is 1. The zero-order valence-corrected chi connectivity index (χ0v) is 16.1. The number of fused-ring (bicyclic) bond motifs is 1. The summed E-state index contributed by atoms with van der Waals surface area (Å²) in [7, 11) is 1.82. The van der Waals surface area contributed by atoms with Gasteiger partial charge >= 0.3 is 0 Å². The quantitative estimate of drug-likeness (QED) is 0.534. The van der Waals surface area contributed by atoms with Gasteiger partial charge in [0.1, 0.15) is 0 Å². The second-order valence-corrected chi connectivity index (χ2v) is 7.31. The first-order valence-corrected chi connectivity index (χ1v) is 8.94. The van der Waals surface area contributed by atoms with Gasteiger partial charge in [0, 0.05) is 22.6 Å². The summed E-state index contributed by atoms with van der Waals surface area (Å²) >= 11 is 4.98. The molecular formula is C16H16BrN5OS. The SMILES string of the molecule is CC(=NNC(=O)c1cc(C)nc2c1c(C)nn2C)c1cc(Br)cs1. The minimum absolute atomic E-state index is 0.267. The fourth-order valence-electron chi connectivity index (χ4n) is 2.50. The highest BCUT2D eigenvalue weighted by Crippen LogP contribution is 2.22. The van der Waals surface area contributed by atoms with Gasteiger partial charge in [-0.3, -0.25) is 9.48 Å². The number of hydrazone groups is 1. The second kappa shape index (κ2) is 6.45. The molecule has 1 amide bonds. The maximum atomic E-state index is 12.6. The molecule has 3 aromatic rings. The van der Waals surface area contributed by atoms with E-state index in [1.54, 1.807) is 22.1 Å². The molecule has 0 unspecified atom stereocenters. The van der Waals surface area contributed by atoms with Crippen molar-refractivity contribution in [3.05, 3.63) is 43.8 Å². The first-order chi connectivity index (χ1) is 11.4. The Morgan fingerprint density at radius 3 is 2.79 bits per heavy atom. The van der Waals surface area contributed by atoms with Crippen LogP contribution in [0, 0.1) is 13.8 Å². The maximum absolute atomic E-state index is 12.6. The molecule has 3 heterocycles. The molecular weight excluding hydrogens is 390 g/mol. The Bertz CT molecular complexity index is 972. The molecule has 0 aliphatic rings. The smallest absolute Gasteiger partial charge is 0.267 e. The first kappa shape index (κ1) is 16.8. The van der Waals surface area contributed by atoms with Crippen LogP contribution in [0.15, 0.2) is 27.1 Å². The molecule has 124 valence electrons. The number of nitrogens with zero attached hydrogens (tertiary/aromatic N) is 4. The van der Waals surface area contributed by atoms with E-state index in [1.807, 2.05) is 39.3 Å². The number of carbonyl (C=O) groups is 1. The van der Waals surface area contributed by atoms with Gasteiger partial charge in [-0.25, -0.2) is 10.4 Å². The van der Waals surface area contributed by atoms with E-state index in [9.17, 15) is 4.79 Å². The minimum Gasteiger partial charge on any atom is -0.267 e. The molecule has 24 heavy (non-hydrogen) atoms. The van der Waals surface area contributed by atoms with Gasteiger partial charge in [0.05, 0.1) is 27.2 Å². The summed E-state index contributed by atoms with van der Waals surface area (Å²) in [6.07, 6.45) is 0. The van der Waals surface area contributed by atoms with Gasteiger partial charge in [0.2, 0.25) is 0 Å². The van der Waals surface area contributed by atoms with Crippen LogP contribution in [-0.2, 0) is 7.05 Å². The molecule has 0 aliphatic heterocycles. The van der Waals surface area contributed by atoms with E-state index >= 15 is 0 Å². The van der Waals surface area contributed by atoms with E-state index in [0.717, 1.165) is 31.8 Å². The van der Waals surface area contributed by atoms with Gasteiger partial charge in [-0.2, -0.15) is 10.2 Å². The van der Waals surface area contributed by atoms with E-state index in [0.29, 0.717) is 11.2 Å². The molecule has 8 heteroatoms. The van der Waals surface area contributed by atoms with Gasteiger partial charge in [0.25, 0.3) is 5.91 Å². The van der Waals surface area contributed by atoms with E-state index in [1.165, 1.54) is 0 Å². The number of hydrogen-bond donors (Lipinski definition) is 1. The van der Waals surface area contributed by atoms with Gasteiger partial charge in [-0.05, 0) is 48.8 Å². The average Bonchev–Trinajstić information content (AvgIpc) is 3.08. The van der Waals surface area contributed by atoms with Crippen LogP contribution in [0.25, 0.3) is 11.0 Å². The molecule has 1 N–H and O–H groups in total. The fourth-order valence-corrected chi connectivity index (χ4v) is 3.88. The van der Waals surface area contributed by atoms with Crippen LogP contribution in [0.1, 0.15) is 33.5 Å². The van der Waals surface area contributed by atoms with Crippen LogP contribution >= 0.6 is 27.3 Å². The standard InChI is InChI=1S/C16H16BrN5OS/c1-8-5-12(14-10(3)21-22(4)15(14)18-8)16(23)20-19-9(2)13-6-11(17)7-24-13/h5-7H,1-4H3,(H,20,23). The van der Waals surface area contributed by atoms with Gasteiger partial charge in [-0.1, -0.05) is 0 Å². The lowest BCUT2D eigenvalue weighted by atomic mass is 10.1. The molecule has 0 bridgehead atoms. The van der Waals surface area contributed by atoms with Gasteiger partial charge in [0.15, 0.2) is 5.65 Å². The Kier molecular flexibility index (Phi) is 4.51. The largest absolute Gasteiger partial charge is 0.272 e. The number of rotatable bonds is 3. The summed E-state index contributed by atoms with van der Waals surface area (Å²) < 4.78 is 2.69. The highest BCUT2D eigenvalue weighted by atomic mass is 79.9. The lowest BCUT2D eigenvalue weighted by molar-refractivity contribution is 0.0956. The summed E-state index contributed by atoms with van der Waals surface area (Å²) in [5.41, 5.74) is 6.15. The molecule has 3 aromatic heterocycles. The van der Waals surface area contributed by atoms with Crippen LogP contribution in [0.4, 0.5) is 0 Å². The highest BCUT2D eigenvalue weighted by molar-refractivity contribution is 9.10. The third-order valence-electron chi connectivity index (χ3n) is 3.59. The van der Waals surface area contributed by atoms with Crippen LogP contribution in [0.3, 0.4) is 0 Å². The molecule has 0 radical (unpaired) electrons. The van der Waals surface area contributed by atoms with E-state index < -0.39 is 0 Å². The zero-order valence-electron chi connectivity index (χ0n) is 13.7. The zero-order chi connectivity index (χ0) is 17.4. The molecule has 0 saturated carbocycles. The van der Waals surface area contributed by atoms with Crippen molar-refractivity contribution in [2.45, 2.75) is 20.8 Å². The van der Waals surface area contributed by atoms with Crippen LogP contribution in [-0.4, -0.2) is 26.4 Å². The average molecular weight is 406 g/mol. The first-order valence-electron chi connectivity index (χ1n) is 7.27. The molecule has 0 spiro atoms. The van der Waals surface area contributed by atoms with E-state index in [4.69, 9.17) is 0 Å². The number of aromatic nitrogens is 3. The molecule has 0 aromatic carbocycles. The summed E-state index contributed by atoms with van der Waals surface area (Å²) in [4.78, 5) is 18.1. The van der Waals surface area contributed by atoms with Crippen molar-refractivity contribution in [2.24, 2.45) is 12.1 Å². The minimum atomic E-state index is -0.267. The van der Waals surface area contributed by atoms with Crippen molar-refractivity contribution in [3.8, 4) is 0 Å². The van der Waals surface area contributed by atoms with Crippen molar-refractivity contribution in [2.75, 3.05) is 0 Å². The van der Waals surface area contributed by atoms with Gasteiger partial charge < -0.3 is 0 Å². The van der Waals surface area contributed by atoms with Crippen molar-refractivity contribution in [1.82, 2.24) is 20.2 Å².